The molecule has 98 valence electrons. The summed E-state index contributed by atoms with van der Waals surface area (Å²) in [5.41, 5.74) is 6.37. The highest BCUT2D eigenvalue weighted by molar-refractivity contribution is 4.97. The molecule has 3 aliphatic rings. The van der Waals surface area contributed by atoms with E-state index in [-0.39, 0.29) is 0 Å². The molecule has 2 aliphatic carbocycles. The van der Waals surface area contributed by atoms with Crippen molar-refractivity contribution in [3.8, 4) is 0 Å². The second-order valence-electron chi connectivity index (χ2n) is 6.29. The zero-order valence-corrected chi connectivity index (χ0v) is 11.0. The molecule has 2 N–H and O–H groups in total. The summed E-state index contributed by atoms with van der Waals surface area (Å²) in [5.74, 6) is 0.850. The number of rotatable bonds is 1. The van der Waals surface area contributed by atoms with Crippen LogP contribution in [0.1, 0.15) is 45.4 Å². The van der Waals surface area contributed by atoms with Gasteiger partial charge in [-0.2, -0.15) is 0 Å². The molecule has 17 heavy (non-hydrogen) atoms. The first-order valence-electron chi connectivity index (χ1n) is 7.38. The van der Waals surface area contributed by atoms with Gasteiger partial charge in [-0.05, 0) is 44.4 Å². The van der Waals surface area contributed by atoms with Crippen LogP contribution in [0.2, 0.25) is 0 Å². The summed E-state index contributed by atoms with van der Waals surface area (Å²) >= 11 is 0. The number of ether oxygens (including phenoxy) is 1. The molecule has 3 fully saturated rings. The molecule has 0 bridgehead atoms. The highest BCUT2D eigenvalue weighted by Crippen LogP contribution is 2.35. The first kappa shape index (κ1) is 11.9. The van der Waals surface area contributed by atoms with Gasteiger partial charge in [0.05, 0.1) is 12.7 Å². The van der Waals surface area contributed by atoms with E-state index in [1.807, 2.05) is 0 Å². The van der Waals surface area contributed by atoms with E-state index in [1.165, 1.54) is 38.5 Å². The van der Waals surface area contributed by atoms with Gasteiger partial charge in [-0.25, -0.2) is 0 Å². The molecule has 0 amide bonds. The predicted octanol–water partition coefficient (Wildman–Crippen LogP) is 1.76. The molecule has 3 heteroatoms. The number of fused-ring (bicyclic) bond motifs is 1. The van der Waals surface area contributed by atoms with Gasteiger partial charge in [-0.15, -0.1) is 0 Å². The van der Waals surface area contributed by atoms with Gasteiger partial charge >= 0.3 is 0 Å². The minimum absolute atomic E-state index is 0.394. The van der Waals surface area contributed by atoms with Crippen LogP contribution in [0.5, 0.6) is 0 Å². The fourth-order valence-corrected chi connectivity index (χ4v) is 4.12. The number of nitrogens with zero attached hydrogens (tertiary/aromatic N) is 1. The molecule has 0 aromatic heterocycles. The van der Waals surface area contributed by atoms with E-state index < -0.39 is 0 Å². The van der Waals surface area contributed by atoms with Crippen molar-refractivity contribution in [1.29, 1.82) is 0 Å². The Morgan fingerprint density at radius 1 is 1.12 bits per heavy atom. The van der Waals surface area contributed by atoms with Crippen LogP contribution in [0, 0.1) is 5.92 Å². The average Bonchev–Trinajstić information content (AvgIpc) is 2.80. The monoisotopic (exact) mass is 238 g/mol. The van der Waals surface area contributed by atoms with Crippen LogP contribution in [0.15, 0.2) is 0 Å². The van der Waals surface area contributed by atoms with Crippen molar-refractivity contribution < 1.29 is 4.74 Å². The Bertz CT molecular complexity index is 271. The normalized spacial score (nSPS) is 48.0. The Hall–Kier alpha value is -0.120. The van der Waals surface area contributed by atoms with E-state index in [0.29, 0.717) is 24.2 Å². The Morgan fingerprint density at radius 3 is 2.88 bits per heavy atom. The maximum absolute atomic E-state index is 6.37. The SMILES string of the molecule is CC1CCC(N)C(N2CCOC3CCCC32)C1. The Kier molecular flexibility index (Phi) is 3.42. The highest BCUT2D eigenvalue weighted by atomic mass is 16.5. The number of hydrogen-bond acceptors (Lipinski definition) is 3. The molecule has 1 saturated heterocycles. The van der Waals surface area contributed by atoms with Gasteiger partial charge in [0.1, 0.15) is 0 Å². The van der Waals surface area contributed by atoms with Crippen molar-refractivity contribution in [3.63, 3.8) is 0 Å². The summed E-state index contributed by atoms with van der Waals surface area (Å²) in [4.78, 5) is 2.71. The third-order valence-electron chi connectivity index (χ3n) is 5.08. The van der Waals surface area contributed by atoms with Gasteiger partial charge in [0, 0.05) is 24.7 Å². The first-order chi connectivity index (χ1) is 8.25. The molecule has 0 spiro atoms. The van der Waals surface area contributed by atoms with Crippen molar-refractivity contribution in [2.24, 2.45) is 11.7 Å². The van der Waals surface area contributed by atoms with Crippen molar-refractivity contribution in [2.75, 3.05) is 13.2 Å². The quantitative estimate of drug-likeness (QED) is 0.756. The van der Waals surface area contributed by atoms with E-state index in [1.54, 1.807) is 0 Å². The van der Waals surface area contributed by atoms with E-state index >= 15 is 0 Å². The first-order valence-corrected chi connectivity index (χ1v) is 7.38. The van der Waals surface area contributed by atoms with Crippen molar-refractivity contribution in [1.82, 2.24) is 4.90 Å². The van der Waals surface area contributed by atoms with Crippen LogP contribution in [0.25, 0.3) is 0 Å². The summed E-state index contributed by atoms with van der Waals surface area (Å²) < 4.78 is 5.90. The summed E-state index contributed by atoms with van der Waals surface area (Å²) in [6.45, 7) is 4.40. The van der Waals surface area contributed by atoms with E-state index in [0.717, 1.165) is 19.1 Å². The maximum Gasteiger partial charge on any atom is 0.0731 e. The Balaban J connectivity index is 1.72. The Labute approximate surface area is 105 Å². The van der Waals surface area contributed by atoms with Gasteiger partial charge in [0.15, 0.2) is 0 Å². The van der Waals surface area contributed by atoms with E-state index in [2.05, 4.69) is 11.8 Å². The zero-order valence-electron chi connectivity index (χ0n) is 11.0. The standard InChI is InChI=1S/C14H26N2O/c1-10-5-6-11(15)13(9-10)16-7-8-17-14-4-2-3-12(14)16/h10-14H,2-9,15H2,1H3. The fourth-order valence-electron chi connectivity index (χ4n) is 4.12. The smallest absolute Gasteiger partial charge is 0.0731 e. The van der Waals surface area contributed by atoms with Crippen LogP contribution in [-0.2, 0) is 4.74 Å². The van der Waals surface area contributed by atoms with Gasteiger partial charge in [-0.3, -0.25) is 4.90 Å². The summed E-state index contributed by atoms with van der Waals surface area (Å²) in [5, 5.41) is 0. The van der Waals surface area contributed by atoms with Crippen molar-refractivity contribution in [2.45, 2.75) is 69.7 Å². The molecule has 5 atom stereocenters. The lowest BCUT2D eigenvalue weighted by atomic mass is 9.82. The molecular formula is C14H26N2O. The summed E-state index contributed by atoms with van der Waals surface area (Å²) in [6.07, 6.45) is 8.25. The predicted molar refractivity (Wildman–Crippen MR) is 68.9 cm³/mol. The van der Waals surface area contributed by atoms with Crippen molar-refractivity contribution in [3.05, 3.63) is 0 Å². The van der Waals surface area contributed by atoms with E-state index in [4.69, 9.17) is 10.5 Å². The molecule has 1 heterocycles. The molecule has 3 nitrogen and oxygen atoms in total. The highest BCUT2D eigenvalue weighted by Gasteiger charge is 2.41. The lowest BCUT2D eigenvalue weighted by Gasteiger charge is -2.47. The molecule has 2 saturated carbocycles. The van der Waals surface area contributed by atoms with E-state index in [9.17, 15) is 0 Å². The van der Waals surface area contributed by atoms with Gasteiger partial charge < -0.3 is 10.5 Å². The minimum Gasteiger partial charge on any atom is -0.375 e. The molecule has 0 aromatic carbocycles. The second kappa shape index (κ2) is 4.87. The Morgan fingerprint density at radius 2 is 2.00 bits per heavy atom. The van der Waals surface area contributed by atoms with Crippen LogP contribution in [0.3, 0.4) is 0 Å². The third-order valence-corrected chi connectivity index (χ3v) is 5.08. The second-order valence-corrected chi connectivity index (χ2v) is 6.29. The van der Waals surface area contributed by atoms with Crippen LogP contribution < -0.4 is 5.73 Å². The van der Waals surface area contributed by atoms with Crippen LogP contribution >= 0.6 is 0 Å². The lowest BCUT2D eigenvalue weighted by molar-refractivity contribution is -0.0820. The lowest BCUT2D eigenvalue weighted by Crippen LogP contribution is -2.59. The summed E-state index contributed by atoms with van der Waals surface area (Å²) in [6, 6.07) is 1.68. The minimum atomic E-state index is 0.394. The molecule has 1 aliphatic heterocycles. The molecular weight excluding hydrogens is 212 g/mol. The molecule has 3 rings (SSSR count). The maximum atomic E-state index is 6.37. The summed E-state index contributed by atoms with van der Waals surface area (Å²) in [7, 11) is 0. The molecule has 0 aromatic rings. The molecule has 5 unspecified atom stereocenters. The fraction of sp³-hybridized carbons (Fsp3) is 1.00. The van der Waals surface area contributed by atoms with Crippen molar-refractivity contribution >= 4 is 0 Å². The van der Waals surface area contributed by atoms with Crippen LogP contribution in [-0.4, -0.2) is 42.3 Å². The number of morpholine rings is 1. The van der Waals surface area contributed by atoms with Gasteiger partial charge in [0.25, 0.3) is 0 Å². The molecule has 0 radical (unpaired) electrons. The number of nitrogens with two attached hydrogens (primary N) is 1. The largest absolute Gasteiger partial charge is 0.375 e. The van der Waals surface area contributed by atoms with Crippen LogP contribution in [0.4, 0.5) is 0 Å². The topological polar surface area (TPSA) is 38.5 Å². The average molecular weight is 238 g/mol. The number of hydrogen-bond donors (Lipinski definition) is 1. The third kappa shape index (κ3) is 2.25. The van der Waals surface area contributed by atoms with Gasteiger partial charge in [0.2, 0.25) is 0 Å². The van der Waals surface area contributed by atoms with Gasteiger partial charge in [-0.1, -0.05) is 6.92 Å². The zero-order chi connectivity index (χ0) is 11.8.